The predicted molar refractivity (Wildman–Crippen MR) is 60.2 cm³/mol. The first-order valence-corrected chi connectivity index (χ1v) is 5.47. The van der Waals surface area contributed by atoms with Crippen molar-refractivity contribution in [2.45, 2.75) is 19.0 Å². The van der Waals surface area contributed by atoms with Crippen LogP contribution < -0.4 is 10.2 Å². The van der Waals surface area contributed by atoms with Crippen LogP contribution in [-0.4, -0.2) is 24.9 Å². The van der Waals surface area contributed by atoms with Crippen LogP contribution in [0.3, 0.4) is 0 Å². The monoisotopic (exact) mass is 204 g/mol. The van der Waals surface area contributed by atoms with Crippen molar-refractivity contribution >= 4 is 5.69 Å². The van der Waals surface area contributed by atoms with Crippen molar-refractivity contribution in [3.63, 3.8) is 0 Å². The maximum atomic E-state index is 9.55. The van der Waals surface area contributed by atoms with Crippen LogP contribution in [0, 0.1) is 5.92 Å². The van der Waals surface area contributed by atoms with E-state index in [0.29, 0.717) is 23.8 Å². The predicted octanol–water partition coefficient (Wildman–Crippen LogP) is 1.49. The van der Waals surface area contributed by atoms with Crippen molar-refractivity contribution in [2.75, 3.05) is 18.5 Å². The fourth-order valence-electron chi connectivity index (χ4n) is 3.01. The van der Waals surface area contributed by atoms with Gasteiger partial charge in [0, 0.05) is 25.2 Å². The van der Waals surface area contributed by atoms with Gasteiger partial charge in [0.15, 0.2) is 0 Å². The lowest BCUT2D eigenvalue weighted by molar-refractivity contribution is 0.471. The van der Waals surface area contributed by atoms with E-state index in [1.807, 2.05) is 12.1 Å². The molecule has 2 aliphatic heterocycles. The van der Waals surface area contributed by atoms with Gasteiger partial charge >= 0.3 is 0 Å². The number of phenolic OH excluding ortho intramolecular Hbond substituents is 1. The van der Waals surface area contributed by atoms with Gasteiger partial charge in [-0.05, 0) is 29.7 Å². The maximum absolute atomic E-state index is 9.55. The molecule has 0 spiro atoms. The third-order valence-electron chi connectivity index (χ3n) is 3.77. The molecule has 3 atom stereocenters. The molecule has 80 valence electrons. The molecular weight excluding hydrogens is 188 g/mol. The summed E-state index contributed by atoms with van der Waals surface area (Å²) >= 11 is 0. The van der Waals surface area contributed by atoms with E-state index in [0.717, 1.165) is 6.54 Å². The van der Waals surface area contributed by atoms with Gasteiger partial charge < -0.3 is 10.0 Å². The van der Waals surface area contributed by atoms with Crippen molar-refractivity contribution in [3.05, 3.63) is 23.8 Å². The first-order chi connectivity index (χ1) is 7.18. The molecule has 0 aliphatic carbocycles. The van der Waals surface area contributed by atoms with Crippen molar-refractivity contribution in [2.24, 2.45) is 5.92 Å². The van der Waals surface area contributed by atoms with Crippen molar-refractivity contribution in [1.29, 1.82) is 0 Å². The highest BCUT2D eigenvalue weighted by Gasteiger charge is 2.43. The maximum Gasteiger partial charge on any atom is 0.116 e. The lowest BCUT2D eigenvalue weighted by Gasteiger charge is -2.21. The minimum Gasteiger partial charge on any atom is -0.508 e. The summed E-state index contributed by atoms with van der Waals surface area (Å²) in [6, 6.07) is 5.69. The Hall–Kier alpha value is -1.22. The standard InChI is InChI=1S/C12H16N2O/c1-7-6-13-12-11(7)9-5-8(15)3-4-10(9)14(12)2/h3-5,7,11-13,15H,6H2,1-2H3/t7?,11-,12+/m0/s1. The van der Waals surface area contributed by atoms with E-state index in [4.69, 9.17) is 0 Å². The second kappa shape index (κ2) is 2.89. The molecule has 15 heavy (non-hydrogen) atoms. The van der Waals surface area contributed by atoms with E-state index in [1.54, 1.807) is 6.07 Å². The van der Waals surface area contributed by atoms with Crippen LogP contribution in [0.15, 0.2) is 18.2 Å². The Morgan fingerprint density at radius 1 is 1.47 bits per heavy atom. The number of fused-ring (bicyclic) bond motifs is 3. The fourth-order valence-corrected chi connectivity index (χ4v) is 3.01. The number of rotatable bonds is 0. The first kappa shape index (κ1) is 9.04. The Kier molecular flexibility index (Phi) is 1.74. The summed E-state index contributed by atoms with van der Waals surface area (Å²) in [7, 11) is 2.12. The SMILES string of the molecule is CC1CN[C@H]2[C@@H]1c1cc(O)ccc1N2C. The van der Waals surface area contributed by atoms with Gasteiger partial charge in [-0.15, -0.1) is 0 Å². The molecule has 1 saturated heterocycles. The Morgan fingerprint density at radius 3 is 3.07 bits per heavy atom. The number of nitrogens with zero attached hydrogens (tertiary/aromatic N) is 1. The van der Waals surface area contributed by atoms with E-state index in [-0.39, 0.29) is 0 Å². The average molecular weight is 204 g/mol. The van der Waals surface area contributed by atoms with Gasteiger partial charge in [0.25, 0.3) is 0 Å². The van der Waals surface area contributed by atoms with Crippen LogP contribution in [0.4, 0.5) is 5.69 Å². The Labute approximate surface area is 89.7 Å². The highest BCUT2D eigenvalue weighted by molar-refractivity contribution is 5.63. The van der Waals surface area contributed by atoms with E-state index in [1.165, 1.54) is 11.3 Å². The van der Waals surface area contributed by atoms with E-state index in [2.05, 4.69) is 24.2 Å². The molecular formula is C12H16N2O. The third kappa shape index (κ3) is 1.10. The lowest BCUT2D eigenvalue weighted by atomic mass is 9.90. The number of nitrogens with one attached hydrogen (secondary N) is 1. The lowest BCUT2D eigenvalue weighted by Crippen LogP contribution is -2.37. The van der Waals surface area contributed by atoms with E-state index >= 15 is 0 Å². The third-order valence-corrected chi connectivity index (χ3v) is 3.77. The molecule has 1 fully saturated rings. The van der Waals surface area contributed by atoms with Gasteiger partial charge in [0.05, 0.1) is 6.17 Å². The first-order valence-electron chi connectivity index (χ1n) is 5.47. The van der Waals surface area contributed by atoms with Crippen LogP contribution in [0.2, 0.25) is 0 Å². The van der Waals surface area contributed by atoms with Crippen LogP contribution >= 0.6 is 0 Å². The van der Waals surface area contributed by atoms with E-state index in [9.17, 15) is 5.11 Å². The highest BCUT2D eigenvalue weighted by Crippen LogP contribution is 2.46. The Morgan fingerprint density at radius 2 is 2.27 bits per heavy atom. The van der Waals surface area contributed by atoms with Crippen LogP contribution in [0.25, 0.3) is 0 Å². The molecule has 1 unspecified atom stereocenters. The summed E-state index contributed by atoms with van der Waals surface area (Å²) in [5.41, 5.74) is 2.54. The number of benzene rings is 1. The second-order valence-electron chi connectivity index (χ2n) is 4.71. The molecule has 3 rings (SSSR count). The molecule has 0 amide bonds. The summed E-state index contributed by atoms with van der Waals surface area (Å²) in [6.45, 7) is 3.33. The van der Waals surface area contributed by atoms with Crippen LogP contribution in [-0.2, 0) is 0 Å². The molecule has 2 aliphatic rings. The molecule has 0 radical (unpaired) electrons. The average Bonchev–Trinajstić information content (AvgIpc) is 2.70. The summed E-state index contributed by atoms with van der Waals surface area (Å²) in [6.07, 6.45) is 0.414. The molecule has 2 heterocycles. The Balaban J connectivity index is 2.13. The number of hydrogen-bond acceptors (Lipinski definition) is 3. The molecule has 0 saturated carbocycles. The minimum atomic E-state index is 0.377. The number of phenols is 1. The van der Waals surface area contributed by atoms with Gasteiger partial charge in [-0.25, -0.2) is 0 Å². The van der Waals surface area contributed by atoms with Gasteiger partial charge in [-0.2, -0.15) is 0 Å². The van der Waals surface area contributed by atoms with Crippen molar-refractivity contribution in [1.82, 2.24) is 5.32 Å². The summed E-state index contributed by atoms with van der Waals surface area (Å²) in [5.74, 6) is 1.54. The van der Waals surface area contributed by atoms with Gasteiger partial charge in [-0.1, -0.05) is 6.92 Å². The molecule has 1 aromatic rings. The number of likely N-dealkylation sites (N-methyl/N-ethyl adjacent to an activating group) is 1. The number of hydrogen-bond donors (Lipinski definition) is 2. The van der Waals surface area contributed by atoms with E-state index < -0.39 is 0 Å². The van der Waals surface area contributed by atoms with Gasteiger partial charge in [0.2, 0.25) is 0 Å². The number of anilines is 1. The summed E-state index contributed by atoms with van der Waals surface area (Å²) < 4.78 is 0. The van der Waals surface area contributed by atoms with Gasteiger partial charge in [0.1, 0.15) is 5.75 Å². The zero-order valence-electron chi connectivity index (χ0n) is 9.07. The summed E-state index contributed by atoms with van der Waals surface area (Å²) in [5, 5.41) is 13.1. The van der Waals surface area contributed by atoms with Crippen LogP contribution in [0.1, 0.15) is 18.4 Å². The molecule has 3 nitrogen and oxygen atoms in total. The molecule has 0 aromatic heterocycles. The Bertz CT molecular complexity index is 405. The largest absolute Gasteiger partial charge is 0.508 e. The molecule has 0 bridgehead atoms. The minimum absolute atomic E-state index is 0.377. The highest BCUT2D eigenvalue weighted by atomic mass is 16.3. The normalized spacial score (nSPS) is 32.9. The van der Waals surface area contributed by atoms with Gasteiger partial charge in [-0.3, -0.25) is 5.32 Å². The topological polar surface area (TPSA) is 35.5 Å². The van der Waals surface area contributed by atoms with Crippen LogP contribution in [0.5, 0.6) is 5.75 Å². The molecule has 2 N–H and O–H groups in total. The van der Waals surface area contributed by atoms with Crippen molar-refractivity contribution < 1.29 is 5.11 Å². The zero-order valence-corrected chi connectivity index (χ0v) is 9.07. The summed E-state index contributed by atoms with van der Waals surface area (Å²) in [4.78, 5) is 2.28. The zero-order chi connectivity index (χ0) is 10.6. The molecule has 3 heteroatoms. The smallest absolute Gasteiger partial charge is 0.116 e. The second-order valence-corrected chi connectivity index (χ2v) is 4.71. The number of aromatic hydroxyl groups is 1. The fraction of sp³-hybridized carbons (Fsp3) is 0.500. The quantitative estimate of drug-likeness (QED) is 0.672. The van der Waals surface area contributed by atoms with Crippen molar-refractivity contribution in [3.8, 4) is 5.75 Å². The molecule has 1 aromatic carbocycles.